The molecule has 3 N–H and O–H groups in total. The van der Waals surface area contributed by atoms with Gasteiger partial charge in [-0.1, -0.05) is 122 Å². The Morgan fingerprint density at radius 2 is 1.40 bits per heavy atom. The van der Waals surface area contributed by atoms with E-state index < -0.39 is 12.9 Å². The maximum Gasteiger partial charge on any atom is 0.256 e. The third-order valence-corrected chi connectivity index (χ3v) is 9.91. The van der Waals surface area contributed by atoms with Gasteiger partial charge in [0, 0.05) is 47.4 Å². The SMILES string of the molecule is O=C(CO)CCCCCCC(=O)Nc1ccc(C2OC(CSc3nc(-c4ccccc4)c(-c4ccccc4)o3)CC(c3ccc(CO)cc3)O2)cc1. The average Bonchev–Trinajstić information content (AvgIpc) is 3.63. The molecule has 1 fully saturated rings. The van der Waals surface area contributed by atoms with Gasteiger partial charge in [-0.05, 0) is 36.1 Å². The van der Waals surface area contributed by atoms with Crippen LogP contribution in [0, 0.1) is 0 Å². The molecule has 0 saturated carbocycles. The molecule has 10 heteroatoms. The lowest BCUT2D eigenvalue weighted by Crippen LogP contribution is -2.31. The fraction of sp³-hybridized carbons (Fsp3) is 0.310. The number of aromatic nitrogens is 1. The zero-order chi connectivity index (χ0) is 36.1. The summed E-state index contributed by atoms with van der Waals surface area (Å²) in [6.45, 7) is -0.435. The highest BCUT2D eigenvalue weighted by Crippen LogP contribution is 2.41. The zero-order valence-corrected chi connectivity index (χ0v) is 29.8. The van der Waals surface area contributed by atoms with Gasteiger partial charge in [-0.15, -0.1) is 0 Å². The summed E-state index contributed by atoms with van der Waals surface area (Å²) in [6.07, 6.45) is 3.46. The topological polar surface area (TPSA) is 131 Å². The molecule has 52 heavy (non-hydrogen) atoms. The Kier molecular flexibility index (Phi) is 13.4. The van der Waals surface area contributed by atoms with E-state index in [9.17, 15) is 14.7 Å². The van der Waals surface area contributed by atoms with E-state index in [-0.39, 0.29) is 30.5 Å². The number of nitrogens with zero attached hydrogens (tertiary/aromatic N) is 1. The lowest BCUT2D eigenvalue weighted by Gasteiger charge is -2.36. The molecule has 1 saturated heterocycles. The molecule has 0 radical (unpaired) electrons. The number of nitrogens with one attached hydrogen (secondary N) is 1. The van der Waals surface area contributed by atoms with Gasteiger partial charge in [0.25, 0.3) is 5.22 Å². The van der Waals surface area contributed by atoms with Crippen LogP contribution in [0.2, 0.25) is 0 Å². The molecule has 0 spiro atoms. The average molecular weight is 721 g/mol. The molecule has 9 nitrogen and oxygen atoms in total. The first-order valence-corrected chi connectivity index (χ1v) is 18.7. The van der Waals surface area contributed by atoms with Crippen molar-refractivity contribution in [3.8, 4) is 22.6 Å². The number of carbonyl (C=O) groups is 2. The summed E-state index contributed by atoms with van der Waals surface area (Å²) in [4.78, 5) is 28.7. The Morgan fingerprint density at radius 3 is 2.08 bits per heavy atom. The number of amides is 1. The molecule has 1 aliphatic heterocycles. The number of rotatable bonds is 17. The van der Waals surface area contributed by atoms with Crippen molar-refractivity contribution < 1.29 is 33.7 Å². The molecule has 1 aromatic heterocycles. The number of Topliss-reactive ketones (excluding diaryl/α,β-unsaturated/α-hetero) is 1. The molecule has 3 unspecified atom stereocenters. The fourth-order valence-corrected chi connectivity index (χ4v) is 6.95. The van der Waals surface area contributed by atoms with Gasteiger partial charge < -0.3 is 29.4 Å². The van der Waals surface area contributed by atoms with Crippen molar-refractivity contribution in [3.05, 3.63) is 126 Å². The van der Waals surface area contributed by atoms with Crippen molar-refractivity contribution >= 4 is 29.1 Å². The van der Waals surface area contributed by atoms with E-state index in [1.54, 1.807) is 0 Å². The second kappa shape index (κ2) is 18.8. The van der Waals surface area contributed by atoms with Crippen LogP contribution in [0.4, 0.5) is 5.69 Å². The van der Waals surface area contributed by atoms with E-state index in [2.05, 4.69) is 5.32 Å². The number of benzene rings is 4. The number of ketones is 1. The summed E-state index contributed by atoms with van der Waals surface area (Å²) in [7, 11) is 0. The number of anilines is 1. The minimum absolute atomic E-state index is 0.0284. The quantitative estimate of drug-likeness (QED) is 0.0638. The number of carbonyl (C=O) groups excluding carboxylic acids is 2. The minimum atomic E-state index is -0.645. The predicted molar refractivity (Wildman–Crippen MR) is 201 cm³/mol. The Balaban J connectivity index is 1.12. The minimum Gasteiger partial charge on any atom is -0.431 e. The number of ether oxygens (including phenoxy) is 2. The van der Waals surface area contributed by atoms with Gasteiger partial charge in [0.05, 0.1) is 18.8 Å². The summed E-state index contributed by atoms with van der Waals surface area (Å²) in [5, 5.41) is 21.9. The third kappa shape index (κ3) is 10.3. The molecule has 0 bridgehead atoms. The van der Waals surface area contributed by atoms with Crippen LogP contribution < -0.4 is 5.32 Å². The normalized spacial score (nSPS) is 17.2. The molecule has 2 heterocycles. The molecular weight excluding hydrogens is 677 g/mol. The van der Waals surface area contributed by atoms with E-state index in [1.165, 1.54) is 11.8 Å². The summed E-state index contributed by atoms with van der Waals surface area (Å²) < 4.78 is 19.5. The van der Waals surface area contributed by atoms with Crippen molar-refractivity contribution in [2.45, 2.75) is 75.3 Å². The molecule has 1 amide bonds. The number of hydrogen-bond donors (Lipinski definition) is 3. The molecule has 6 rings (SSSR count). The lowest BCUT2D eigenvalue weighted by atomic mass is 10.0. The highest BCUT2D eigenvalue weighted by atomic mass is 32.2. The third-order valence-electron chi connectivity index (χ3n) is 8.95. The Labute approximate surface area is 308 Å². The van der Waals surface area contributed by atoms with E-state index in [4.69, 9.17) is 24.0 Å². The van der Waals surface area contributed by atoms with Crippen LogP contribution in [0.15, 0.2) is 119 Å². The monoisotopic (exact) mass is 720 g/mol. The number of aliphatic hydroxyl groups excluding tert-OH is 2. The lowest BCUT2D eigenvalue weighted by molar-refractivity contribution is -0.245. The highest BCUT2D eigenvalue weighted by molar-refractivity contribution is 7.99. The first-order chi connectivity index (χ1) is 25.5. The van der Waals surface area contributed by atoms with Crippen molar-refractivity contribution in [1.82, 2.24) is 4.98 Å². The first-order valence-electron chi connectivity index (χ1n) is 17.8. The highest BCUT2D eigenvalue weighted by Gasteiger charge is 2.33. The summed E-state index contributed by atoms with van der Waals surface area (Å²) >= 11 is 1.51. The molecule has 0 aliphatic carbocycles. The molecule has 270 valence electrons. The number of thioether (sulfide) groups is 1. The number of unbranched alkanes of at least 4 members (excludes halogenated alkanes) is 3. The van der Waals surface area contributed by atoms with Crippen molar-refractivity contribution in [2.24, 2.45) is 0 Å². The molecule has 1 aliphatic rings. The van der Waals surface area contributed by atoms with E-state index in [0.29, 0.717) is 35.9 Å². The standard InChI is InChI=1S/C42H44N2O7S/c45-26-29-17-19-30(20-18-29)37-25-36(28-52-42-44-39(31-11-5-3-6-12-31)40(51-42)32-13-7-4-8-14-32)49-41(50-37)33-21-23-34(24-22-33)43-38(48)16-10-2-1-9-15-35(47)27-46/h3-8,11-14,17-24,36-37,41,45-46H,1-2,9-10,15-16,25-28H2,(H,43,48). The van der Waals surface area contributed by atoms with Crippen LogP contribution in [-0.4, -0.2) is 45.4 Å². The van der Waals surface area contributed by atoms with Crippen LogP contribution in [0.25, 0.3) is 22.6 Å². The van der Waals surface area contributed by atoms with Gasteiger partial charge in [-0.25, -0.2) is 4.98 Å². The van der Waals surface area contributed by atoms with Gasteiger partial charge in [-0.2, -0.15) is 0 Å². The van der Waals surface area contributed by atoms with Crippen LogP contribution >= 0.6 is 11.8 Å². The Morgan fingerprint density at radius 1 is 0.750 bits per heavy atom. The predicted octanol–water partition coefficient (Wildman–Crippen LogP) is 8.68. The first kappa shape index (κ1) is 37.2. The molecule has 4 aromatic carbocycles. The van der Waals surface area contributed by atoms with Gasteiger partial charge in [-0.3, -0.25) is 9.59 Å². The van der Waals surface area contributed by atoms with Gasteiger partial charge in [0.15, 0.2) is 17.8 Å². The van der Waals surface area contributed by atoms with E-state index in [0.717, 1.165) is 65.0 Å². The molecular formula is C42H44N2O7S. The number of oxazole rings is 1. The maximum atomic E-state index is 12.6. The van der Waals surface area contributed by atoms with Crippen LogP contribution in [0.5, 0.6) is 0 Å². The van der Waals surface area contributed by atoms with Crippen LogP contribution in [0.3, 0.4) is 0 Å². The maximum absolute atomic E-state index is 12.6. The van der Waals surface area contributed by atoms with Gasteiger partial charge in [0.2, 0.25) is 5.91 Å². The fourth-order valence-electron chi connectivity index (χ4n) is 6.11. The summed E-state index contributed by atoms with van der Waals surface area (Å²) in [6, 6.07) is 35.3. The van der Waals surface area contributed by atoms with Crippen molar-refractivity contribution in [3.63, 3.8) is 0 Å². The number of aliphatic hydroxyl groups is 2. The summed E-state index contributed by atoms with van der Waals surface area (Å²) in [5.41, 5.74) is 6.08. The Bertz CT molecular complexity index is 1810. The summed E-state index contributed by atoms with van der Waals surface area (Å²) in [5.74, 6) is 1.10. The smallest absolute Gasteiger partial charge is 0.256 e. The van der Waals surface area contributed by atoms with Crippen molar-refractivity contribution in [1.29, 1.82) is 0 Å². The van der Waals surface area contributed by atoms with Crippen molar-refractivity contribution in [2.75, 3.05) is 17.7 Å². The Hall–Kier alpha value is -4.58. The largest absolute Gasteiger partial charge is 0.431 e. The number of hydrogen-bond acceptors (Lipinski definition) is 9. The van der Waals surface area contributed by atoms with Gasteiger partial charge >= 0.3 is 0 Å². The van der Waals surface area contributed by atoms with Crippen LogP contribution in [-0.2, 0) is 25.7 Å². The molecule has 5 aromatic rings. The van der Waals surface area contributed by atoms with Gasteiger partial charge in [0.1, 0.15) is 12.3 Å². The second-order valence-corrected chi connectivity index (χ2v) is 13.8. The molecule has 3 atom stereocenters. The second-order valence-electron chi connectivity index (χ2n) is 12.8. The van der Waals surface area contributed by atoms with Crippen LogP contribution in [0.1, 0.15) is 74.0 Å². The van der Waals surface area contributed by atoms with E-state index in [1.807, 2.05) is 109 Å². The zero-order valence-electron chi connectivity index (χ0n) is 29.0. The van der Waals surface area contributed by atoms with E-state index >= 15 is 0 Å².